The van der Waals surface area contributed by atoms with Gasteiger partial charge in [-0.1, -0.05) is 11.6 Å². The molecule has 1 heterocycles. The maximum absolute atomic E-state index is 11.6. The van der Waals surface area contributed by atoms with Crippen LogP contribution in [0.25, 0.3) is 5.69 Å². The fourth-order valence-corrected chi connectivity index (χ4v) is 1.69. The van der Waals surface area contributed by atoms with Gasteiger partial charge in [0, 0.05) is 22.8 Å². The van der Waals surface area contributed by atoms with Crippen molar-refractivity contribution in [1.29, 1.82) is 0 Å². The van der Waals surface area contributed by atoms with Crippen LogP contribution in [0.4, 0.5) is 5.69 Å². The van der Waals surface area contributed by atoms with Crippen LogP contribution in [0.2, 0.25) is 5.02 Å². The number of rotatable bonds is 2. The molecule has 88 valence electrons. The molecule has 0 aliphatic carbocycles. The molecular formula is C10H8ClN3O3. The Kier molecular flexibility index (Phi) is 2.72. The summed E-state index contributed by atoms with van der Waals surface area (Å²) in [4.78, 5) is 21.9. The maximum atomic E-state index is 11.6. The molecule has 0 saturated heterocycles. The molecule has 2 rings (SSSR count). The van der Waals surface area contributed by atoms with Gasteiger partial charge in [-0.05, 0) is 19.1 Å². The zero-order valence-electron chi connectivity index (χ0n) is 8.81. The average Bonchev–Trinajstić information content (AvgIpc) is 2.57. The Morgan fingerprint density at radius 1 is 1.41 bits per heavy atom. The molecule has 0 fully saturated rings. The van der Waals surface area contributed by atoms with E-state index in [1.54, 1.807) is 6.92 Å². The molecular weight excluding hydrogens is 246 g/mol. The summed E-state index contributed by atoms with van der Waals surface area (Å²) in [7, 11) is 0. The molecule has 1 aromatic carbocycles. The zero-order valence-corrected chi connectivity index (χ0v) is 9.56. The highest BCUT2D eigenvalue weighted by atomic mass is 35.5. The Balaban J connectivity index is 2.73. The lowest BCUT2D eigenvalue weighted by Gasteiger charge is -2.03. The van der Waals surface area contributed by atoms with Gasteiger partial charge in [-0.25, -0.2) is 4.68 Å². The van der Waals surface area contributed by atoms with E-state index >= 15 is 0 Å². The summed E-state index contributed by atoms with van der Waals surface area (Å²) in [5.74, 6) is 0. The van der Waals surface area contributed by atoms with Crippen molar-refractivity contribution in [2.24, 2.45) is 0 Å². The maximum Gasteiger partial charge on any atom is 0.295 e. The van der Waals surface area contributed by atoms with Crippen LogP contribution in [0.1, 0.15) is 5.69 Å². The number of aromatic amines is 1. The van der Waals surface area contributed by atoms with E-state index in [0.29, 0.717) is 10.7 Å². The normalized spacial score (nSPS) is 10.5. The quantitative estimate of drug-likeness (QED) is 0.657. The molecule has 0 amide bonds. The average molecular weight is 254 g/mol. The number of nitro groups is 1. The number of nitrogens with one attached hydrogen (secondary N) is 1. The lowest BCUT2D eigenvalue weighted by molar-refractivity contribution is -0.384. The van der Waals surface area contributed by atoms with Gasteiger partial charge in [0.25, 0.3) is 11.2 Å². The number of benzene rings is 1. The molecule has 0 aliphatic heterocycles. The number of aromatic nitrogens is 2. The van der Waals surface area contributed by atoms with Crippen molar-refractivity contribution in [3.63, 3.8) is 0 Å². The predicted octanol–water partition coefficient (Wildman–Crippen LogP) is 2.04. The third-order valence-electron chi connectivity index (χ3n) is 2.22. The van der Waals surface area contributed by atoms with E-state index in [2.05, 4.69) is 5.10 Å². The first-order chi connectivity index (χ1) is 7.99. The van der Waals surface area contributed by atoms with E-state index in [-0.39, 0.29) is 16.9 Å². The number of hydrogen-bond acceptors (Lipinski definition) is 3. The third kappa shape index (κ3) is 2.07. The molecule has 17 heavy (non-hydrogen) atoms. The smallest absolute Gasteiger partial charge is 0.295 e. The first-order valence-electron chi connectivity index (χ1n) is 4.72. The summed E-state index contributed by atoms with van der Waals surface area (Å²) < 4.78 is 1.10. The Morgan fingerprint density at radius 2 is 2.12 bits per heavy atom. The molecule has 6 nitrogen and oxygen atoms in total. The van der Waals surface area contributed by atoms with Gasteiger partial charge in [-0.3, -0.25) is 20.0 Å². The Hall–Kier alpha value is -2.08. The summed E-state index contributed by atoms with van der Waals surface area (Å²) >= 11 is 5.78. The highest BCUT2D eigenvalue weighted by Gasteiger charge is 2.17. The fourth-order valence-electron chi connectivity index (χ4n) is 1.52. The molecule has 0 bridgehead atoms. The molecule has 0 radical (unpaired) electrons. The minimum absolute atomic E-state index is 0.126. The molecule has 0 unspecified atom stereocenters. The van der Waals surface area contributed by atoms with Crippen LogP contribution in [0.5, 0.6) is 0 Å². The van der Waals surface area contributed by atoms with Gasteiger partial charge in [0.05, 0.1) is 4.92 Å². The summed E-state index contributed by atoms with van der Waals surface area (Å²) in [5, 5.41) is 13.9. The number of nitro benzene ring substituents is 1. The SMILES string of the molecule is Cc1cc(=O)n(-c2cc(Cl)ccc2[N+](=O)[O-])[nH]1. The predicted molar refractivity (Wildman–Crippen MR) is 62.8 cm³/mol. The molecule has 2 aromatic rings. The van der Waals surface area contributed by atoms with Crippen molar-refractivity contribution >= 4 is 17.3 Å². The highest BCUT2D eigenvalue weighted by molar-refractivity contribution is 6.30. The van der Waals surface area contributed by atoms with E-state index in [0.717, 1.165) is 4.68 Å². The lowest BCUT2D eigenvalue weighted by atomic mass is 10.2. The first-order valence-corrected chi connectivity index (χ1v) is 5.10. The number of aryl methyl sites for hydroxylation is 1. The van der Waals surface area contributed by atoms with Crippen LogP contribution in [0, 0.1) is 17.0 Å². The van der Waals surface area contributed by atoms with Gasteiger partial charge in [-0.15, -0.1) is 0 Å². The second kappa shape index (κ2) is 4.06. The van der Waals surface area contributed by atoms with E-state index in [1.165, 1.54) is 24.3 Å². The van der Waals surface area contributed by atoms with Gasteiger partial charge >= 0.3 is 0 Å². The Morgan fingerprint density at radius 3 is 2.65 bits per heavy atom. The van der Waals surface area contributed by atoms with Crippen LogP contribution >= 0.6 is 11.6 Å². The first kappa shape index (κ1) is 11.4. The highest BCUT2D eigenvalue weighted by Crippen LogP contribution is 2.24. The van der Waals surface area contributed by atoms with Crippen molar-refractivity contribution in [2.45, 2.75) is 6.92 Å². The monoisotopic (exact) mass is 253 g/mol. The molecule has 0 spiro atoms. The number of H-pyrrole nitrogens is 1. The van der Waals surface area contributed by atoms with E-state index in [4.69, 9.17) is 11.6 Å². The van der Waals surface area contributed by atoms with E-state index in [9.17, 15) is 14.9 Å². The summed E-state index contributed by atoms with van der Waals surface area (Å²) in [6.07, 6.45) is 0. The second-order valence-corrected chi connectivity index (χ2v) is 3.94. The minimum Gasteiger partial charge on any atom is -0.295 e. The largest absolute Gasteiger partial charge is 0.295 e. The van der Waals surface area contributed by atoms with Crippen LogP contribution in [0.3, 0.4) is 0 Å². The molecule has 1 aromatic heterocycles. The molecule has 1 N–H and O–H groups in total. The topological polar surface area (TPSA) is 80.9 Å². The van der Waals surface area contributed by atoms with Gasteiger partial charge < -0.3 is 0 Å². The van der Waals surface area contributed by atoms with E-state index in [1.807, 2.05) is 0 Å². The molecule has 7 heteroatoms. The number of halogens is 1. The second-order valence-electron chi connectivity index (χ2n) is 3.50. The van der Waals surface area contributed by atoms with Gasteiger partial charge in [0.1, 0.15) is 5.69 Å². The Labute approximate surface area is 101 Å². The van der Waals surface area contributed by atoms with Crippen molar-refractivity contribution in [2.75, 3.05) is 0 Å². The van der Waals surface area contributed by atoms with Gasteiger partial charge in [0.2, 0.25) is 0 Å². The van der Waals surface area contributed by atoms with Crippen molar-refractivity contribution < 1.29 is 4.92 Å². The van der Waals surface area contributed by atoms with Crippen LogP contribution in [0.15, 0.2) is 29.1 Å². The lowest BCUT2D eigenvalue weighted by Crippen LogP contribution is -2.15. The standard InChI is InChI=1S/C10H8ClN3O3/c1-6-4-10(15)13(12-6)9-5-7(11)2-3-8(9)14(16)17/h2-5,12H,1H3. The van der Waals surface area contributed by atoms with Crippen molar-refractivity contribution in [1.82, 2.24) is 9.78 Å². The minimum atomic E-state index is -0.561. The van der Waals surface area contributed by atoms with Gasteiger partial charge in [-0.2, -0.15) is 0 Å². The fraction of sp³-hybridized carbons (Fsp3) is 0.100. The zero-order chi connectivity index (χ0) is 12.6. The van der Waals surface area contributed by atoms with Crippen molar-refractivity contribution in [3.05, 3.63) is 55.5 Å². The van der Waals surface area contributed by atoms with Crippen LogP contribution < -0.4 is 5.56 Å². The molecule has 0 atom stereocenters. The molecule has 0 aliphatic rings. The number of nitrogens with zero attached hydrogens (tertiary/aromatic N) is 2. The van der Waals surface area contributed by atoms with Crippen LogP contribution in [-0.4, -0.2) is 14.7 Å². The molecule has 0 saturated carbocycles. The summed E-state index contributed by atoms with van der Waals surface area (Å²) in [5.41, 5.74) is 0.191. The summed E-state index contributed by atoms with van der Waals surface area (Å²) in [6, 6.07) is 5.39. The van der Waals surface area contributed by atoms with Gasteiger partial charge in [0.15, 0.2) is 0 Å². The van der Waals surface area contributed by atoms with Crippen LogP contribution in [-0.2, 0) is 0 Å². The summed E-state index contributed by atoms with van der Waals surface area (Å²) in [6.45, 7) is 1.69. The van der Waals surface area contributed by atoms with Crippen molar-refractivity contribution in [3.8, 4) is 5.69 Å². The number of hydrogen-bond donors (Lipinski definition) is 1. The Bertz CT molecular complexity index is 644. The van der Waals surface area contributed by atoms with E-state index < -0.39 is 4.92 Å². The third-order valence-corrected chi connectivity index (χ3v) is 2.46.